The fourth-order valence-electron chi connectivity index (χ4n) is 1.67. The van der Waals surface area contributed by atoms with Crippen LogP contribution in [0.25, 0.3) is 0 Å². The highest BCUT2D eigenvalue weighted by Gasteiger charge is 2.05. The summed E-state index contributed by atoms with van der Waals surface area (Å²) in [4.78, 5) is 0. The molecule has 0 saturated carbocycles. The molecule has 1 N–H and O–H groups in total. The third kappa shape index (κ3) is 4.03. The summed E-state index contributed by atoms with van der Waals surface area (Å²) in [6.45, 7) is 1.96. The number of benzene rings is 2. The van der Waals surface area contributed by atoms with E-state index in [2.05, 4.69) is 11.8 Å². The topological polar surface area (TPSA) is 29.5 Å². The minimum absolute atomic E-state index is 0.267. The predicted molar refractivity (Wildman–Crippen MR) is 80.9 cm³/mol. The lowest BCUT2D eigenvalue weighted by molar-refractivity contribution is 0.199. The standard InChI is InChI=1S/C17H15ClO2/c1-13(19)15-9-10-17(16(18)12-15)20-11-5-8-14-6-3-2-4-7-14/h2-4,6-7,9-10,12-13,19H,11H2,1H3/t13-/m1/s1. The molecule has 0 radical (unpaired) electrons. The molecule has 2 aromatic carbocycles. The number of hydrogen-bond donors (Lipinski definition) is 1. The van der Waals surface area contributed by atoms with Crippen LogP contribution in [0.1, 0.15) is 24.2 Å². The molecular formula is C17H15ClO2. The normalized spacial score (nSPS) is 11.3. The van der Waals surface area contributed by atoms with Crippen molar-refractivity contribution in [3.8, 4) is 17.6 Å². The number of rotatable bonds is 3. The van der Waals surface area contributed by atoms with Gasteiger partial charge in [-0.1, -0.05) is 47.7 Å². The highest BCUT2D eigenvalue weighted by molar-refractivity contribution is 6.32. The van der Waals surface area contributed by atoms with Crippen molar-refractivity contribution in [3.63, 3.8) is 0 Å². The third-order valence-electron chi connectivity index (χ3n) is 2.74. The van der Waals surface area contributed by atoms with Crippen LogP contribution in [0.2, 0.25) is 5.02 Å². The Morgan fingerprint density at radius 3 is 2.60 bits per heavy atom. The van der Waals surface area contributed by atoms with Crippen molar-refractivity contribution in [1.29, 1.82) is 0 Å². The van der Waals surface area contributed by atoms with Crippen molar-refractivity contribution in [2.45, 2.75) is 13.0 Å². The second-order valence-corrected chi connectivity index (χ2v) is 4.73. The van der Waals surface area contributed by atoms with Crippen LogP contribution in [0.5, 0.6) is 5.75 Å². The van der Waals surface area contributed by atoms with Gasteiger partial charge < -0.3 is 9.84 Å². The number of hydrogen-bond acceptors (Lipinski definition) is 2. The van der Waals surface area contributed by atoms with Gasteiger partial charge in [-0.3, -0.25) is 0 Å². The van der Waals surface area contributed by atoms with Gasteiger partial charge in [0, 0.05) is 5.56 Å². The van der Waals surface area contributed by atoms with Gasteiger partial charge in [-0.2, -0.15) is 0 Å². The smallest absolute Gasteiger partial charge is 0.149 e. The van der Waals surface area contributed by atoms with Crippen LogP contribution in [0, 0.1) is 11.8 Å². The Labute approximate surface area is 124 Å². The first-order valence-corrected chi connectivity index (χ1v) is 6.69. The summed E-state index contributed by atoms with van der Waals surface area (Å²) in [5.74, 6) is 6.51. The molecule has 2 nitrogen and oxygen atoms in total. The van der Waals surface area contributed by atoms with Gasteiger partial charge in [0.15, 0.2) is 0 Å². The second kappa shape index (κ2) is 7.00. The van der Waals surface area contributed by atoms with E-state index in [0.717, 1.165) is 11.1 Å². The number of ether oxygens (including phenoxy) is 1. The molecular weight excluding hydrogens is 272 g/mol. The zero-order valence-corrected chi connectivity index (χ0v) is 11.9. The molecule has 0 aliphatic heterocycles. The summed E-state index contributed by atoms with van der Waals surface area (Å²) in [6, 6.07) is 14.9. The maximum absolute atomic E-state index is 9.46. The first-order valence-electron chi connectivity index (χ1n) is 6.31. The van der Waals surface area contributed by atoms with Crippen LogP contribution in [0.4, 0.5) is 0 Å². The van der Waals surface area contributed by atoms with E-state index in [1.165, 1.54) is 0 Å². The second-order valence-electron chi connectivity index (χ2n) is 4.32. The molecule has 20 heavy (non-hydrogen) atoms. The van der Waals surface area contributed by atoms with Gasteiger partial charge in [0.1, 0.15) is 12.4 Å². The SMILES string of the molecule is C[C@@H](O)c1ccc(OCC#Cc2ccccc2)c(Cl)c1. The van der Waals surface area contributed by atoms with Crippen LogP contribution in [0.15, 0.2) is 48.5 Å². The summed E-state index contributed by atoms with van der Waals surface area (Å²) >= 11 is 6.09. The van der Waals surface area contributed by atoms with Crippen molar-refractivity contribution in [2.24, 2.45) is 0 Å². The van der Waals surface area contributed by atoms with Crippen LogP contribution in [-0.2, 0) is 0 Å². The number of aliphatic hydroxyl groups is 1. The molecule has 0 bridgehead atoms. The Hall–Kier alpha value is -1.95. The van der Waals surface area contributed by atoms with E-state index in [0.29, 0.717) is 10.8 Å². The Morgan fingerprint density at radius 1 is 1.20 bits per heavy atom. The molecule has 0 unspecified atom stereocenters. The Bertz CT molecular complexity index is 624. The molecule has 2 rings (SSSR count). The van der Waals surface area contributed by atoms with Gasteiger partial charge in [-0.05, 0) is 36.8 Å². The Morgan fingerprint density at radius 2 is 1.95 bits per heavy atom. The van der Waals surface area contributed by atoms with Gasteiger partial charge in [-0.15, -0.1) is 0 Å². The quantitative estimate of drug-likeness (QED) is 0.869. The summed E-state index contributed by atoms with van der Waals surface area (Å²) in [6.07, 6.45) is -0.542. The van der Waals surface area contributed by atoms with E-state index in [1.54, 1.807) is 25.1 Å². The maximum Gasteiger partial charge on any atom is 0.149 e. The van der Waals surface area contributed by atoms with E-state index >= 15 is 0 Å². The lowest BCUT2D eigenvalue weighted by Crippen LogP contribution is -1.96. The van der Waals surface area contributed by atoms with E-state index in [1.807, 2.05) is 30.3 Å². The summed E-state index contributed by atoms with van der Waals surface area (Å²) < 4.78 is 5.51. The molecule has 0 heterocycles. The first kappa shape index (κ1) is 14.5. The molecule has 2 aromatic rings. The highest BCUT2D eigenvalue weighted by atomic mass is 35.5. The van der Waals surface area contributed by atoms with E-state index in [4.69, 9.17) is 16.3 Å². The average molecular weight is 287 g/mol. The fraction of sp³-hybridized carbons (Fsp3) is 0.176. The number of aliphatic hydroxyl groups excluding tert-OH is 1. The summed E-state index contributed by atoms with van der Waals surface area (Å²) in [7, 11) is 0. The monoisotopic (exact) mass is 286 g/mol. The molecule has 0 fully saturated rings. The summed E-state index contributed by atoms with van der Waals surface area (Å²) in [5, 5.41) is 9.93. The maximum atomic E-state index is 9.46. The zero-order chi connectivity index (χ0) is 14.4. The van der Waals surface area contributed by atoms with Crippen LogP contribution in [0.3, 0.4) is 0 Å². The number of halogens is 1. The lowest BCUT2D eigenvalue weighted by Gasteiger charge is -2.08. The minimum Gasteiger partial charge on any atom is -0.479 e. The average Bonchev–Trinajstić information content (AvgIpc) is 2.46. The van der Waals surface area contributed by atoms with E-state index in [9.17, 15) is 5.11 Å². The molecule has 0 aliphatic rings. The molecule has 3 heteroatoms. The zero-order valence-electron chi connectivity index (χ0n) is 11.1. The Balaban J connectivity index is 1.97. The molecule has 0 amide bonds. The van der Waals surface area contributed by atoms with Crippen LogP contribution < -0.4 is 4.74 Å². The first-order chi connectivity index (χ1) is 9.66. The van der Waals surface area contributed by atoms with Gasteiger partial charge >= 0.3 is 0 Å². The van der Waals surface area contributed by atoms with Crippen molar-refractivity contribution in [1.82, 2.24) is 0 Å². The molecule has 0 spiro atoms. The molecule has 0 aromatic heterocycles. The van der Waals surface area contributed by atoms with Crippen LogP contribution >= 0.6 is 11.6 Å². The van der Waals surface area contributed by atoms with Crippen LogP contribution in [-0.4, -0.2) is 11.7 Å². The van der Waals surface area contributed by atoms with Gasteiger partial charge in [0.25, 0.3) is 0 Å². The highest BCUT2D eigenvalue weighted by Crippen LogP contribution is 2.27. The molecule has 1 atom stereocenters. The fourth-order valence-corrected chi connectivity index (χ4v) is 1.91. The third-order valence-corrected chi connectivity index (χ3v) is 3.04. The molecule has 0 aliphatic carbocycles. The van der Waals surface area contributed by atoms with Gasteiger partial charge in [-0.25, -0.2) is 0 Å². The lowest BCUT2D eigenvalue weighted by atomic mass is 10.1. The largest absolute Gasteiger partial charge is 0.479 e. The van der Waals surface area contributed by atoms with Crippen molar-refractivity contribution >= 4 is 11.6 Å². The summed E-state index contributed by atoms with van der Waals surface area (Å²) in [5.41, 5.74) is 1.71. The van der Waals surface area contributed by atoms with Crippen molar-refractivity contribution < 1.29 is 9.84 Å². The predicted octanol–water partition coefficient (Wildman–Crippen LogP) is 3.82. The van der Waals surface area contributed by atoms with Crippen molar-refractivity contribution in [3.05, 3.63) is 64.7 Å². The van der Waals surface area contributed by atoms with Gasteiger partial charge in [0.05, 0.1) is 11.1 Å². The molecule has 102 valence electrons. The molecule has 0 saturated heterocycles. The van der Waals surface area contributed by atoms with Crippen molar-refractivity contribution in [2.75, 3.05) is 6.61 Å². The van der Waals surface area contributed by atoms with E-state index < -0.39 is 6.10 Å². The van der Waals surface area contributed by atoms with E-state index in [-0.39, 0.29) is 6.61 Å². The minimum atomic E-state index is -0.542. The van der Waals surface area contributed by atoms with Gasteiger partial charge in [0.2, 0.25) is 0 Å². The Kier molecular flexibility index (Phi) is 5.06.